The van der Waals surface area contributed by atoms with Gasteiger partial charge in [0, 0.05) is 18.5 Å². The van der Waals surface area contributed by atoms with E-state index < -0.39 is 0 Å². The van der Waals surface area contributed by atoms with Gasteiger partial charge in [-0.15, -0.1) is 11.3 Å². The van der Waals surface area contributed by atoms with Crippen molar-refractivity contribution in [3.63, 3.8) is 0 Å². The number of carbonyl (C=O) groups excluding carboxylic acids is 1. The topological polar surface area (TPSA) is 20.3 Å². The molecule has 0 spiro atoms. The Hall–Kier alpha value is -0.100. The zero-order chi connectivity index (χ0) is 10.8. The Bertz CT molecular complexity index is 359. The fourth-order valence-electron chi connectivity index (χ4n) is 1.57. The maximum atomic E-state index is 12.1. The van der Waals surface area contributed by atoms with Gasteiger partial charge in [0.05, 0.1) is 8.45 Å². The van der Waals surface area contributed by atoms with Crippen LogP contribution in [0, 0.1) is 8.80 Å². The summed E-state index contributed by atoms with van der Waals surface area (Å²) in [6.07, 6.45) is 2.59. The first kappa shape index (κ1) is 11.4. The molecule has 0 saturated heterocycles. The largest absolute Gasteiger partial charge is 0.339 e. The Balaban J connectivity index is 2.03. The average Bonchev–Trinajstić information content (AvgIpc) is 2.95. The number of thiophene rings is 1. The molecule has 0 radical (unpaired) electrons. The Morgan fingerprint density at radius 1 is 1.67 bits per heavy atom. The van der Waals surface area contributed by atoms with Gasteiger partial charge in [-0.3, -0.25) is 4.79 Å². The number of amides is 1. The van der Waals surface area contributed by atoms with Crippen LogP contribution in [0.3, 0.4) is 0 Å². The molecule has 0 aromatic carbocycles. The maximum absolute atomic E-state index is 12.1. The third-order valence-corrected chi connectivity index (χ3v) is 4.45. The van der Waals surface area contributed by atoms with Crippen molar-refractivity contribution in [2.45, 2.75) is 19.8 Å². The van der Waals surface area contributed by atoms with E-state index >= 15 is 0 Å². The van der Waals surface area contributed by atoms with Crippen LogP contribution in [-0.2, 0) is 0 Å². The van der Waals surface area contributed by atoms with E-state index in [1.807, 2.05) is 16.3 Å². The van der Waals surface area contributed by atoms with Crippen LogP contribution in [-0.4, -0.2) is 23.9 Å². The van der Waals surface area contributed by atoms with Crippen LogP contribution in [0.4, 0.5) is 0 Å². The van der Waals surface area contributed by atoms with Crippen molar-refractivity contribution < 1.29 is 4.79 Å². The van der Waals surface area contributed by atoms with Crippen molar-refractivity contribution in [2.24, 2.45) is 5.92 Å². The van der Waals surface area contributed by atoms with Gasteiger partial charge in [0.1, 0.15) is 0 Å². The van der Waals surface area contributed by atoms with Crippen LogP contribution < -0.4 is 0 Å². The summed E-state index contributed by atoms with van der Waals surface area (Å²) in [6.45, 7) is 3.82. The smallest absolute Gasteiger partial charge is 0.254 e. The van der Waals surface area contributed by atoms with Crippen molar-refractivity contribution in [3.8, 4) is 0 Å². The first-order valence-corrected chi connectivity index (χ1v) is 7.20. The molecular formula is C11H14INOS. The van der Waals surface area contributed by atoms with Gasteiger partial charge >= 0.3 is 0 Å². The van der Waals surface area contributed by atoms with Crippen LogP contribution >= 0.6 is 33.9 Å². The minimum absolute atomic E-state index is 0.198. The summed E-state index contributed by atoms with van der Waals surface area (Å²) in [5, 5.41) is 1.96. The van der Waals surface area contributed by atoms with Crippen molar-refractivity contribution in [2.75, 3.05) is 13.1 Å². The monoisotopic (exact) mass is 335 g/mol. The van der Waals surface area contributed by atoms with Crippen LogP contribution in [0.1, 0.15) is 30.1 Å². The van der Waals surface area contributed by atoms with E-state index in [0.717, 1.165) is 24.6 Å². The lowest BCUT2D eigenvalue weighted by Crippen LogP contribution is -2.32. The van der Waals surface area contributed by atoms with Gasteiger partial charge < -0.3 is 4.90 Å². The first-order valence-electron chi connectivity index (χ1n) is 5.24. The van der Waals surface area contributed by atoms with Gasteiger partial charge in [0.25, 0.3) is 5.91 Å². The van der Waals surface area contributed by atoms with Gasteiger partial charge in [-0.25, -0.2) is 0 Å². The third kappa shape index (κ3) is 2.93. The molecule has 1 amide bonds. The number of carbonyl (C=O) groups is 1. The Labute approximate surface area is 108 Å². The second-order valence-electron chi connectivity index (χ2n) is 3.93. The zero-order valence-corrected chi connectivity index (χ0v) is 11.7. The van der Waals surface area contributed by atoms with Crippen LogP contribution in [0.15, 0.2) is 11.4 Å². The average molecular weight is 335 g/mol. The molecule has 2 rings (SSSR count). The van der Waals surface area contributed by atoms with Crippen molar-refractivity contribution in [1.29, 1.82) is 0 Å². The predicted molar refractivity (Wildman–Crippen MR) is 71.3 cm³/mol. The minimum Gasteiger partial charge on any atom is -0.339 e. The van der Waals surface area contributed by atoms with Gasteiger partial charge in [-0.2, -0.15) is 0 Å². The molecule has 1 aliphatic carbocycles. The molecule has 82 valence electrons. The summed E-state index contributed by atoms with van der Waals surface area (Å²) in [6, 6.07) is 1.98. The van der Waals surface area contributed by atoms with Gasteiger partial charge in [0.15, 0.2) is 0 Å². The van der Waals surface area contributed by atoms with Gasteiger partial charge in [0.2, 0.25) is 0 Å². The molecule has 0 aliphatic heterocycles. The number of halogens is 1. The molecule has 2 nitrogen and oxygen atoms in total. The normalized spacial score (nSPS) is 15.3. The van der Waals surface area contributed by atoms with Gasteiger partial charge in [-0.05, 0) is 54.3 Å². The summed E-state index contributed by atoms with van der Waals surface area (Å²) in [7, 11) is 0. The van der Waals surface area contributed by atoms with E-state index in [9.17, 15) is 4.79 Å². The SMILES string of the molecule is CCN(CC1CC1)C(=O)c1csc(I)c1. The summed E-state index contributed by atoms with van der Waals surface area (Å²) in [5.74, 6) is 0.968. The molecule has 1 heterocycles. The van der Waals surface area contributed by atoms with E-state index in [1.165, 1.54) is 15.7 Å². The predicted octanol–water partition coefficient (Wildman–Crippen LogP) is 3.22. The van der Waals surface area contributed by atoms with Crippen LogP contribution in [0.2, 0.25) is 0 Å². The lowest BCUT2D eigenvalue weighted by Gasteiger charge is -2.19. The van der Waals surface area contributed by atoms with Gasteiger partial charge in [-0.1, -0.05) is 0 Å². The van der Waals surface area contributed by atoms with E-state index in [4.69, 9.17) is 0 Å². The summed E-state index contributed by atoms with van der Waals surface area (Å²) in [4.78, 5) is 14.0. The highest BCUT2D eigenvalue weighted by atomic mass is 127. The van der Waals surface area contributed by atoms with Crippen LogP contribution in [0.25, 0.3) is 0 Å². The van der Waals surface area contributed by atoms with E-state index in [2.05, 4.69) is 29.5 Å². The third-order valence-electron chi connectivity index (χ3n) is 2.66. The molecule has 0 bridgehead atoms. The second kappa shape index (κ2) is 4.82. The maximum Gasteiger partial charge on any atom is 0.254 e. The summed E-state index contributed by atoms with van der Waals surface area (Å²) in [5.41, 5.74) is 0.854. The van der Waals surface area contributed by atoms with Crippen LogP contribution in [0.5, 0.6) is 0 Å². The summed E-state index contributed by atoms with van der Waals surface area (Å²) >= 11 is 3.89. The Morgan fingerprint density at radius 3 is 2.87 bits per heavy atom. The highest BCUT2D eigenvalue weighted by molar-refractivity contribution is 14.1. The number of rotatable bonds is 4. The lowest BCUT2D eigenvalue weighted by molar-refractivity contribution is 0.0757. The number of hydrogen-bond donors (Lipinski definition) is 0. The van der Waals surface area contributed by atoms with E-state index in [-0.39, 0.29) is 5.91 Å². The molecule has 1 aliphatic rings. The second-order valence-corrected chi connectivity index (χ2v) is 6.73. The highest BCUT2D eigenvalue weighted by Crippen LogP contribution is 2.30. The standard InChI is InChI=1S/C11H14INOS/c1-2-13(6-8-3-4-8)11(14)9-5-10(12)15-7-9/h5,7-8H,2-4,6H2,1H3. The van der Waals surface area contributed by atoms with Crippen molar-refractivity contribution in [3.05, 3.63) is 19.9 Å². The molecule has 1 fully saturated rings. The lowest BCUT2D eigenvalue weighted by atomic mass is 10.2. The fraction of sp³-hybridized carbons (Fsp3) is 0.545. The molecule has 0 unspecified atom stereocenters. The highest BCUT2D eigenvalue weighted by Gasteiger charge is 2.26. The number of hydrogen-bond acceptors (Lipinski definition) is 2. The molecule has 1 aromatic heterocycles. The minimum atomic E-state index is 0.198. The van der Waals surface area contributed by atoms with E-state index in [0.29, 0.717) is 0 Å². The van der Waals surface area contributed by atoms with E-state index in [1.54, 1.807) is 11.3 Å². The summed E-state index contributed by atoms with van der Waals surface area (Å²) < 4.78 is 1.18. The quantitative estimate of drug-likeness (QED) is 0.774. The van der Waals surface area contributed by atoms with Crippen molar-refractivity contribution >= 4 is 39.8 Å². The molecule has 1 saturated carbocycles. The zero-order valence-electron chi connectivity index (χ0n) is 8.70. The number of nitrogens with zero attached hydrogens (tertiary/aromatic N) is 1. The van der Waals surface area contributed by atoms with Crippen molar-refractivity contribution in [1.82, 2.24) is 4.90 Å². The molecule has 0 atom stereocenters. The molecular weight excluding hydrogens is 321 g/mol. The molecule has 0 N–H and O–H groups in total. The molecule has 15 heavy (non-hydrogen) atoms. The first-order chi connectivity index (χ1) is 7.20. The fourth-order valence-corrected chi connectivity index (χ4v) is 2.89. The molecule has 4 heteroatoms. The molecule has 1 aromatic rings. The Morgan fingerprint density at radius 2 is 2.40 bits per heavy atom. The Kier molecular flexibility index (Phi) is 3.66.